The van der Waals surface area contributed by atoms with Crippen molar-refractivity contribution < 1.29 is 0 Å². The molecule has 0 aromatic carbocycles. The van der Waals surface area contributed by atoms with E-state index in [0.717, 1.165) is 11.8 Å². The van der Waals surface area contributed by atoms with Crippen LogP contribution >= 0.6 is 0 Å². The maximum absolute atomic E-state index is 1.58. The van der Waals surface area contributed by atoms with E-state index in [1.54, 1.807) is 32.1 Å². The maximum Gasteiger partial charge on any atom is -0.0412 e. The average Bonchev–Trinajstić information content (AvgIpc) is 2.49. The highest BCUT2D eigenvalue weighted by atomic mass is 14.3. The monoisotopic (exact) mass is 152 g/mol. The minimum atomic E-state index is 1.14. The summed E-state index contributed by atoms with van der Waals surface area (Å²) in [7, 11) is 0. The Hall–Kier alpha value is 0. The molecular weight excluding hydrogens is 132 g/mol. The molecule has 0 spiro atoms. The van der Waals surface area contributed by atoms with Gasteiger partial charge in [-0.1, -0.05) is 51.4 Å². The van der Waals surface area contributed by atoms with Gasteiger partial charge in [0.15, 0.2) is 0 Å². The molecule has 2 bridgehead atoms. The smallest absolute Gasteiger partial charge is 0.0412 e. The summed E-state index contributed by atoms with van der Waals surface area (Å²) in [5.74, 6) is 2.27. The van der Waals surface area contributed by atoms with Crippen LogP contribution in [-0.4, -0.2) is 0 Å². The van der Waals surface area contributed by atoms with Crippen molar-refractivity contribution in [3.05, 3.63) is 0 Å². The summed E-state index contributed by atoms with van der Waals surface area (Å²) >= 11 is 0. The van der Waals surface area contributed by atoms with Crippen LogP contribution in [0.1, 0.15) is 57.8 Å². The summed E-state index contributed by atoms with van der Waals surface area (Å²) in [6.07, 6.45) is 13.9. The third-order valence-corrected chi connectivity index (χ3v) is 3.62. The molecule has 0 nitrogen and oxygen atoms in total. The van der Waals surface area contributed by atoms with Crippen LogP contribution in [0.4, 0.5) is 0 Å². The molecule has 64 valence electrons. The van der Waals surface area contributed by atoms with E-state index in [2.05, 4.69) is 0 Å². The van der Waals surface area contributed by atoms with Gasteiger partial charge in [-0.25, -0.2) is 0 Å². The molecule has 11 heavy (non-hydrogen) atoms. The van der Waals surface area contributed by atoms with Gasteiger partial charge in [0, 0.05) is 0 Å². The van der Waals surface area contributed by atoms with E-state index < -0.39 is 0 Å². The SMILES string of the molecule is C1CCC[C@H]2CC[C@@H](CC1)C2. The normalized spacial score (nSPS) is 39.3. The van der Waals surface area contributed by atoms with E-state index in [4.69, 9.17) is 0 Å². The van der Waals surface area contributed by atoms with Crippen molar-refractivity contribution in [1.29, 1.82) is 0 Å². The van der Waals surface area contributed by atoms with Crippen LogP contribution in [0.3, 0.4) is 0 Å². The van der Waals surface area contributed by atoms with E-state index in [-0.39, 0.29) is 0 Å². The van der Waals surface area contributed by atoms with Crippen LogP contribution < -0.4 is 0 Å². The predicted molar refractivity (Wildman–Crippen MR) is 48.5 cm³/mol. The Morgan fingerprint density at radius 2 is 1.09 bits per heavy atom. The van der Waals surface area contributed by atoms with Crippen LogP contribution in [0, 0.1) is 11.8 Å². The molecule has 2 atom stereocenters. The molecule has 0 aliphatic heterocycles. The third-order valence-electron chi connectivity index (χ3n) is 3.62. The number of rotatable bonds is 0. The highest BCUT2D eigenvalue weighted by molar-refractivity contribution is 4.76. The van der Waals surface area contributed by atoms with Crippen LogP contribution in [-0.2, 0) is 0 Å². The van der Waals surface area contributed by atoms with Gasteiger partial charge in [-0.3, -0.25) is 0 Å². The van der Waals surface area contributed by atoms with Gasteiger partial charge in [-0.15, -0.1) is 0 Å². The van der Waals surface area contributed by atoms with Crippen molar-refractivity contribution in [2.75, 3.05) is 0 Å². The zero-order chi connectivity index (χ0) is 7.52. The van der Waals surface area contributed by atoms with Crippen LogP contribution in [0.2, 0.25) is 0 Å². The number of fused-ring (bicyclic) bond motifs is 2. The van der Waals surface area contributed by atoms with Crippen molar-refractivity contribution in [2.45, 2.75) is 57.8 Å². The van der Waals surface area contributed by atoms with Gasteiger partial charge in [0.05, 0.1) is 0 Å². The minimum Gasteiger partial charge on any atom is -0.0533 e. The molecule has 0 aromatic rings. The van der Waals surface area contributed by atoms with Crippen molar-refractivity contribution in [3.63, 3.8) is 0 Å². The van der Waals surface area contributed by atoms with Gasteiger partial charge >= 0.3 is 0 Å². The van der Waals surface area contributed by atoms with Crippen LogP contribution in [0.15, 0.2) is 0 Å². The molecule has 2 fully saturated rings. The lowest BCUT2D eigenvalue weighted by Crippen LogP contribution is -1.94. The van der Waals surface area contributed by atoms with Crippen LogP contribution in [0.5, 0.6) is 0 Å². The van der Waals surface area contributed by atoms with Crippen molar-refractivity contribution in [1.82, 2.24) is 0 Å². The van der Waals surface area contributed by atoms with Gasteiger partial charge in [0.1, 0.15) is 0 Å². The molecule has 0 amide bonds. The lowest BCUT2D eigenvalue weighted by Gasteiger charge is -2.07. The zero-order valence-electron chi connectivity index (χ0n) is 7.52. The Morgan fingerprint density at radius 3 is 1.64 bits per heavy atom. The van der Waals surface area contributed by atoms with E-state index in [1.165, 1.54) is 25.7 Å². The molecule has 2 aliphatic rings. The first-order chi connectivity index (χ1) is 5.45. The Labute approximate surface area is 70.4 Å². The van der Waals surface area contributed by atoms with Gasteiger partial charge in [-0.2, -0.15) is 0 Å². The Kier molecular flexibility index (Phi) is 2.50. The fraction of sp³-hybridized carbons (Fsp3) is 1.00. The summed E-state index contributed by atoms with van der Waals surface area (Å²) in [5, 5.41) is 0. The number of hydrogen-bond acceptors (Lipinski definition) is 0. The molecular formula is C11H20. The fourth-order valence-electron chi connectivity index (χ4n) is 2.92. The van der Waals surface area contributed by atoms with E-state index in [1.807, 2.05) is 0 Å². The highest BCUT2D eigenvalue weighted by Crippen LogP contribution is 2.38. The third kappa shape index (κ3) is 1.98. The molecule has 2 aliphatic carbocycles. The first kappa shape index (κ1) is 7.64. The Balaban J connectivity index is 1.88. The maximum atomic E-state index is 1.58. The predicted octanol–water partition coefficient (Wildman–Crippen LogP) is 3.76. The summed E-state index contributed by atoms with van der Waals surface area (Å²) in [6, 6.07) is 0. The molecule has 2 saturated carbocycles. The van der Waals surface area contributed by atoms with E-state index in [0.29, 0.717) is 0 Å². The largest absolute Gasteiger partial charge is 0.0533 e. The summed E-state index contributed by atoms with van der Waals surface area (Å²) in [6.45, 7) is 0. The molecule has 0 radical (unpaired) electrons. The second kappa shape index (κ2) is 3.60. The Morgan fingerprint density at radius 1 is 0.545 bits per heavy atom. The molecule has 0 unspecified atom stereocenters. The quantitative estimate of drug-likeness (QED) is 0.496. The second-order valence-electron chi connectivity index (χ2n) is 4.54. The molecule has 2 rings (SSSR count). The van der Waals surface area contributed by atoms with Crippen LogP contribution in [0.25, 0.3) is 0 Å². The van der Waals surface area contributed by atoms with Crippen molar-refractivity contribution in [2.24, 2.45) is 11.8 Å². The summed E-state index contributed by atoms with van der Waals surface area (Å²) in [5.41, 5.74) is 0. The first-order valence-corrected chi connectivity index (χ1v) is 5.45. The molecule has 0 aromatic heterocycles. The van der Waals surface area contributed by atoms with Crippen molar-refractivity contribution >= 4 is 0 Å². The molecule has 0 saturated heterocycles. The van der Waals surface area contributed by atoms with E-state index in [9.17, 15) is 0 Å². The van der Waals surface area contributed by atoms with Gasteiger partial charge < -0.3 is 0 Å². The van der Waals surface area contributed by atoms with E-state index >= 15 is 0 Å². The standard InChI is InChI=1S/C11H20/c1-2-4-6-11-8-7-10(9-11)5-3-1/h10-11H,1-9H2/t10-,11+. The lowest BCUT2D eigenvalue weighted by molar-refractivity contribution is 0.452. The minimum absolute atomic E-state index is 1.14. The van der Waals surface area contributed by atoms with Crippen molar-refractivity contribution in [3.8, 4) is 0 Å². The zero-order valence-corrected chi connectivity index (χ0v) is 7.52. The lowest BCUT2D eigenvalue weighted by atomic mass is 9.99. The number of hydrogen-bond donors (Lipinski definition) is 0. The first-order valence-electron chi connectivity index (χ1n) is 5.45. The highest BCUT2D eigenvalue weighted by Gasteiger charge is 2.24. The topological polar surface area (TPSA) is 0 Å². The Bertz CT molecular complexity index is 103. The fourth-order valence-corrected chi connectivity index (χ4v) is 2.92. The van der Waals surface area contributed by atoms with Gasteiger partial charge in [-0.05, 0) is 18.3 Å². The molecule has 0 heteroatoms. The van der Waals surface area contributed by atoms with Gasteiger partial charge in [0.2, 0.25) is 0 Å². The summed E-state index contributed by atoms with van der Waals surface area (Å²) < 4.78 is 0. The second-order valence-corrected chi connectivity index (χ2v) is 4.54. The molecule has 0 heterocycles. The molecule has 0 N–H and O–H groups in total. The summed E-state index contributed by atoms with van der Waals surface area (Å²) in [4.78, 5) is 0. The van der Waals surface area contributed by atoms with Gasteiger partial charge in [0.25, 0.3) is 0 Å². The average molecular weight is 152 g/mol.